The minimum absolute atomic E-state index is 0.177. The zero-order chi connectivity index (χ0) is 15.3. The second kappa shape index (κ2) is 6.83. The molecular formula is C13H21N3O3S. The first kappa shape index (κ1) is 16.6. The quantitative estimate of drug-likeness (QED) is 0.763. The van der Waals surface area contributed by atoms with E-state index in [4.69, 9.17) is 0 Å². The summed E-state index contributed by atoms with van der Waals surface area (Å²) in [6.45, 7) is 0.277. The van der Waals surface area contributed by atoms with Crippen molar-refractivity contribution < 1.29 is 13.2 Å². The Morgan fingerprint density at radius 1 is 1.05 bits per heavy atom. The molecule has 1 aromatic rings. The number of nitrogens with zero attached hydrogens (tertiary/aromatic N) is 3. The lowest BCUT2D eigenvalue weighted by molar-refractivity contribution is -0.130. The van der Waals surface area contributed by atoms with Gasteiger partial charge in [0.1, 0.15) is 0 Å². The Hall–Kier alpha value is -1.44. The van der Waals surface area contributed by atoms with Gasteiger partial charge in [0.15, 0.2) is 0 Å². The van der Waals surface area contributed by atoms with Gasteiger partial charge in [0.25, 0.3) is 10.2 Å². The molecule has 0 N–H and O–H groups in total. The number of benzene rings is 1. The fourth-order valence-corrected chi connectivity index (χ4v) is 2.45. The molecule has 0 unspecified atom stereocenters. The number of carbonyl (C=O) groups is 1. The average molecular weight is 299 g/mol. The molecule has 6 nitrogen and oxygen atoms in total. The van der Waals surface area contributed by atoms with Gasteiger partial charge in [-0.1, -0.05) is 30.3 Å². The van der Waals surface area contributed by atoms with Gasteiger partial charge in [-0.3, -0.25) is 4.79 Å². The summed E-state index contributed by atoms with van der Waals surface area (Å²) in [5, 5.41) is 0. The van der Waals surface area contributed by atoms with E-state index >= 15 is 0 Å². The lowest BCUT2D eigenvalue weighted by atomic mass is 10.2. The number of hydrogen-bond acceptors (Lipinski definition) is 3. The van der Waals surface area contributed by atoms with Crippen molar-refractivity contribution in [2.75, 3.05) is 34.7 Å². The van der Waals surface area contributed by atoms with Gasteiger partial charge in [0, 0.05) is 34.7 Å². The van der Waals surface area contributed by atoms with Crippen LogP contribution in [0.4, 0.5) is 0 Å². The predicted octanol–water partition coefficient (Wildman–Crippen LogP) is 0.383. The van der Waals surface area contributed by atoms with Crippen LogP contribution in [0, 0.1) is 0 Å². The molecule has 20 heavy (non-hydrogen) atoms. The highest BCUT2D eigenvalue weighted by Gasteiger charge is 2.24. The Bertz CT molecular complexity index is 543. The first-order valence-electron chi connectivity index (χ1n) is 6.17. The van der Waals surface area contributed by atoms with Gasteiger partial charge in [0.05, 0.1) is 6.54 Å². The first-order valence-corrected chi connectivity index (χ1v) is 7.56. The molecule has 0 spiro atoms. The van der Waals surface area contributed by atoms with Crippen LogP contribution in [0.15, 0.2) is 30.3 Å². The molecule has 0 heterocycles. The zero-order valence-electron chi connectivity index (χ0n) is 12.3. The number of amides is 1. The SMILES string of the molecule is CN(Cc1ccccc1)C(=O)CN(C)S(=O)(=O)N(C)C. The second-order valence-corrected chi connectivity index (χ2v) is 7.03. The van der Waals surface area contributed by atoms with Gasteiger partial charge >= 0.3 is 0 Å². The highest BCUT2D eigenvalue weighted by atomic mass is 32.2. The smallest absolute Gasteiger partial charge is 0.281 e. The average Bonchev–Trinajstić information content (AvgIpc) is 2.39. The second-order valence-electron chi connectivity index (χ2n) is 4.78. The van der Waals surface area contributed by atoms with Crippen molar-refractivity contribution in [3.05, 3.63) is 35.9 Å². The molecule has 0 radical (unpaired) electrons. The fourth-order valence-electron chi connectivity index (χ4n) is 1.62. The van der Waals surface area contributed by atoms with Crippen molar-refractivity contribution in [1.29, 1.82) is 0 Å². The Morgan fingerprint density at radius 2 is 1.60 bits per heavy atom. The third-order valence-corrected chi connectivity index (χ3v) is 4.74. The summed E-state index contributed by atoms with van der Waals surface area (Å²) in [5.41, 5.74) is 1.00. The van der Waals surface area contributed by atoms with Gasteiger partial charge in [-0.15, -0.1) is 0 Å². The van der Waals surface area contributed by atoms with Crippen LogP contribution in [0.1, 0.15) is 5.56 Å². The van der Waals surface area contributed by atoms with Crippen LogP contribution in [-0.4, -0.2) is 62.6 Å². The van der Waals surface area contributed by atoms with Gasteiger partial charge < -0.3 is 4.90 Å². The number of carbonyl (C=O) groups excluding carboxylic acids is 1. The van der Waals surface area contributed by atoms with Gasteiger partial charge in [0.2, 0.25) is 5.91 Å². The molecule has 0 saturated carbocycles. The summed E-state index contributed by atoms with van der Waals surface area (Å²) in [5.74, 6) is -0.248. The van der Waals surface area contributed by atoms with E-state index in [0.29, 0.717) is 6.54 Å². The van der Waals surface area contributed by atoms with Crippen molar-refractivity contribution in [3.8, 4) is 0 Å². The molecule has 0 aromatic heterocycles. The largest absolute Gasteiger partial charge is 0.340 e. The summed E-state index contributed by atoms with van der Waals surface area (Å²) in [7, 11) is 2.36. The summed E-state index contributed by atoms with van der Waals surface area (Å²) in [4.78, 5) is 13.5. The molecule has 0 bridgehead atoms. The van der Waals surface area contributed by atoms with E-state index in [9.17, 15) is 13.2 Å². The minimum Gasteiger partial charge on any atom is -0.340 e. The minimum atomic E-state index is -3.56. The molecule has 0 aliphatic rings. The molecule has 0 saturated heterocycles. The molecule has 112 valence electrons. The van der Waals surface area contributed by atoms with E-state index < -0.39 is 10.2 Å². The Labute approximate surface area is 120 Å². The summed E-state index contributed by atoms with van der Waals surface area (Å²) < 4.78 is 25.8. The maximum absolute atomic E-state index is 12.0. The van der Waals surface area contributed by atoms with Crippen LogP contribution in [0.3, 0.4) is 0 Å². The van der Waals surface area contributed by atoms with E-state index in [-0.39, 0.29) is 12.5 Å². The third kappa shape index (κ3) is 4.29. The van der Waals surface area contributed by atoms with E-state index in [0.717, 1.165) is 14.2 Å². The van der Waals surface area contributed by atoms with Crippen LogP contribution in [0.2, 0.25) is 0 Å². The molecule has 1 amide bonds. The molecule has 1 rings (SSSR count). The van der Waals surface area contributed by atoms with Crippen molar-refractivity contribution in [2.45, 2.75) is 6.54 Å². The van der Waals surface area contributed by atoms with Gasteiger partial charge in [-0.05, 0) is 5.56 Å². The molecule has 7 heteroatoms. The predicted molar refractivity (Wildman–Crippen MR) is 78.2 cm³/mol. The van der Waals surface area contributed by atoms with Crippen molar-refractivity contribution >= 4 is 16.1 Å². The molecule has 1 aromatic carbocycles. The summed E-state index contributed by atoms with van der Waals surface area (Å²) >= 11 is 0. The molecular weight excluding hydrogens is 278 g/mol. The zero-order valence-corrected chi connectivity index (χ0v) is 13.1. The van der Waals surface area contributed by atoms with Crippen LogP contribution in [0.5, 0.6) is 0 Å². The fraction of sp³-hybridized carbons (Fsp3) is 0.462. The van der Waals surface area contributed by atoms with Crippen molar-refractivity contribution in [2.24, 2.45) is 0 Å². The monoisotopic (exact) mass is 299 g/mol. The third-order valence-electron chi connectivity index (χ3n) is 2.90. The number of hydrogen-bond donors (Lipinski definition) is 0. The Kier molecular flexibility index (Phi) is 5.67. The van der Waals surface area contributed by atoms with Crippen LogP contribution in [0.25, 0.3) is 0 Å². The maximum Gasteiger partial charge on any atom is 0.281 e. The molecule has 0 atom stereocenters. The lowest BCUT2D eigenvalue weighted by Gasteiger charge is -2.24. The standard InChI is InChI=1S/C13H21N3O3S/c1-14(2)20(18,19)16(4)11-13(17)15(3)10-12-8-6-5-7-9-12/h5-9H,10-11H2,1-4H3. The topological polar surface area (TPSA) is 60.9 Å². The molecule has 0 fully saturated rings. The summed E-state index contributed by atoms with van der Waals surface area (Å²) in [6, 6.07) is 9.55. The maximum atomic E-state index is 12.0. The number of rotatable bonds is 6. The van der Waals surface area contributed by atoms with E-state index in [2.05, 4.69) is 0 Å². The lowest BCUT2D eigenvalue weighted by Crippen LogP contribution is -2.43. The Morgan fingerprint density at radius 3 is 2.10 bits per heavy atom. The highest BCUT2D eigenvalue weighted by Crippen LogP contribution is 2.05. The van der Waals surface area contributed by atoms with E-state index in [1.54, 1.807) is 7.05 Å². The Balaban J connectivity index is 2.63. The van der Waals surface area contributed by atoms with Crippen molar-refractivity contribution in [3.63, 3.8) is 0 Å². The van der Waals surface area contributed by atoms with Crippen LogP contribution < -0.4 is 0 Å². The normalized spacial score (nSPS) is 11.9. The summed E-state index contributed by atoms with van der Waals surface area (Å²) in [6.07, 6.45) is 0. The number of likely N-dealkylation sites (N-methyl/N-ethyl adjacent to an activating group) is 2. The molecule has 0 aliphatic heterocycles. The van der Waals surface area contributed by atoms with Crippen molar-refractivity contribution in [1.82, 2.24) is 13.5 Å². The van der Waals surface area contributed by atoms with E-state index in [1.807, 2.05) is 30.3 Å². The van der Waals surface area contributed by atoms with Gasteiger partial charge in [-0.2, -0.15) is 17.0 Å². The molecule has 0 aliphatic carbocycles. The van der Waals surface area contributed by atoms with Gasteiger partial charge in [-0.25, -0.2) is 0 Å². The van der Waals surface area contributed by atoms with Crippen LogP contribution >= 0.6 is 0 Å². The first-order chi connectivity index (χ1) is 9.25. The highest BCUT2D eigenvalue weighted by molar-refractivity contribution is 7.86. The van der Waals surface area contributed by atoms with Crippen LogP contribution in [-0.2, 0) is 21.5 Å². The van der Waals surface area contributed by atoms with E-state index in [1.165, 1.54) is 26.0 Å².